The van der Waals surface area contributed by atoms with Gasteiger partial charge in [0.25, 0.3) is 26.7 Å². The summed E-state index contributed by atoms with van der Waals surface area (Å²) < 4.78 is 88.3. The third-order valence-electron chi connectivity index (χ3n) is 7.13. The van der Waals surface area contributed by atoms with Crippen molar-refractivity contribution < 1.29 is 44.1 Å². The Hall–Kier alpha value is -2.68. The Balaban J connectivity index is 1.33. The van der Waals surface area contributed by atoms with E-state index in [9.17, 15) is 16.8 Å². The van der Waals surface area contributed by atoms with E-state index in [-0.39, 0.29) is 16.4 Å². The van der Waals surface area contributed by atoms with Gasteiger partial charge in [-0.25, -0.2) is 0 Å². The van der Waals surface area contributed by atoms with Gasteiger partial charge < -0.3 is 18.9 Å². The Morgan fingerprint density at radius 1 is 0.600 bits per heavy atom. The van der Waals surface area contributed by atoms with Crippen LogP contribution in [-0.2, 0) is 54.2 Å². The van der Waals surface area contributed by atoms with Crippen LogP contribution in [0.1, 0.15) is 16.7 Å². The summed E-state index contributed by atoms with van der Waals surface area (Å²) in [6.45, 7) is 2.65. The second-order valence-electron chi connectivity index (χ2n) is 10.0. The second-order valence-corrected chi connectivity index (χ2v) is 13.2. The average Bonchev–Trinajstić information content (AvgIpc) is 2.93. The minimum Gasteiger partial charge on any atom is -0.368 e. The quantitative estimate of drug-likeness (QED) is 0.344. The molecule has 1 saturated carbocycles. The Morgan fingerprint density at radius 2 is 1.02 bits per heavy atom. The van der Waals surface area contributed by atoms with Crippen molar-refractivity contribution in [1.29, 1.82) is 0 Å². The molecule has 12 heteroatoms. The summed E-state index contributed by atoms with van der Waals surface area (Å²) in [7, 11) is -8.59. The molecule has 3 saturated heterocycles. The van der Waals surface area contributed by atoms with Crippen molar-refractivity contribution >= 4 is 20.2 Å². The lowest BCUT2D eigenvalue weighted by Gasteiger charge is -2.57. The van der Waals surface area contributed by atoms with Crippen LogP contribution in [0.15, 0.2) is 88.7 Å². The first-order chi connectivity index (χ1) is 19.1. The SMILES string of the molecule is Cc1ccc(S(=O)(=O)OC2C3OC4OC(C3OCc3ccccc3)C(OS(=O)(=O)c3ccc(C)cc3)C2O4)cc1. The Kier molecular flexibility index (Phi) is 7.30. The van der Waals surface area contributed by atoms with Crippen LogP contribution in [0.25, 0.3) is 0 Å². The van der Waals surface area contributed by atoms with Gasteiger partial charge in [0.05, 0.1) is 16.4 Å². The van der Waals surface area contributed by atoms with Gasteiger partial charge in [0.15, 0.2) is 0 Å². The highest BCUT2D eigenvalue weighted by atomic mass is 32.2. The third kappa shape index (κ3) is 5.33. The van der Waals surface area contributed by atoms with Gasteiger partial charge in [-0.2, -0.15) is 16.8 Å². The summed E-state index contributed by atoms with van der Waals surface area (Å²) in [5.74, 6) is 0. The molecule has 4 bridgehead atoms. The number of rotatable bonds is 9. The van der Waals surface area contributed by atoms with Crippen molar-refractivity contribution in [2.24, 2.45) is 0 Å². The van der Waals surface area contributed by atoms with Crippen molar-refractivity contribution in [3.63, 3.8) is 0 Å². The zero-order valence-electron chi connectivity index (χ0n) is 21.7. The average molecular weight is 589 g/mol. The molecule has 3 aliphatic heterocycles. The molecule has 10 nitrogen and oxygen atoms in total. The molecule has 3 aromatic carbocycles. The van der Waals surface area contributed by atoms with Gasteiger partial charge >= 0.3 is 0 Å². The van der Waals surface area contributed by atoms with Crippen molar-refractivity contribution in [1.82, 2.24) is 0 Å². The van der Waals surface area contributed by atoms with Crippen LogP contribution in [0.5, 0.6) is 0 Å². The van der Waals surface area contributed by atoms with Crippen molar-refractivity contribution in [3.8, 4) is 0 Å². The highest BCUT2D eigenvalue weighted by molar-refractivity contribution is 7.87. The largest absolute Gasteiger partial charge is 0.368 e. The lowest BCUT2D eigenvalue weighted by atomic mass is 9.82. The molecule has 4 fully saturated rings. The number of ether oxygens (including phenoxy) is 4. The van der Waals surface area contributed by atoms with Gasteiger partial charge in [-0.05, 0) is 43.7 Å². The van der Waals surface area contributed by atoms with E-state index in [2.05, 4.69) is 0 Å². The molecule has 4 atom stereocenters. The molecule has 212 valence electrons. The van der Waals surface area contributed by atoms with E-state index in [1.165, 1.54) is 24.3 Å². The fraction of sp³-hybridized carbons (Fsp3) is 0.357. The highest BCUT2D eigenvalue weighted by Gasteiger charge is 2.65. The minimum absolute atomic E-state index is 0.0605. The molecule has 0 radical (unpaired) electrons. The van der Waals surface area contributed by atoms with Gasteiger partial charge in [0.2, 0.25) is 0 Å². The van der Waals surface area contributed by atoms with E-state index in [0.717, 1.165) is 16.7 Å². The molecule has 7 rings (SSSR count). The molecule has 4 aliphatic rings. The van der Waals surface area contributed by atoms with Crippen molar-refractivity contribution in [2.75, 3.05) is 0 Å². The van der Waals surface area contributed by atoms with E-state index >= 15 is 0 Å². The predicted octanol–water partition coefficient (Wildman–Crippen LogP) is 3.22. The maximum absolute atomic E-state index is 13.3. The molecular weight excluding hydrogens is 560 g/mol. The molecule has 4 unspecified atom stereocenters. The van der Waals surface area contributed by atoms with Crippen LogP contribution in [0.3, 0.4) is 0 Å². The Morgan fingerprint density at radius 3 is 1.48 bits per heavy atom. The summed E-state index contributed by atoms with van der Waals surface area (Å²) in [5.41, 5.74) is 2.60. The predicted molar refractivity (Wildman–Crippen MR) is 140 cm³/mol. The van der Waals surface area contributed by atoms with Crippen LogP contribution in [0.4, 0.5) is 0 Å². The number of aryl methyl sites for hydroxylation is 2. The summed E-state index contributed by atoms with van der Waals surface area (Å²) in [6, 6.07) is 21.7. The van der Waals surface area contributed by atoms with Crippen LogP contribution >= 0.6 is 0 Å². The minimum atomic E-state index is -4.30. The summed E-state index contributed by atoms with van der Waals surface area (Å²) in [5, 5.41) is 0. The van der Waals surface area contributed by atoms with Crippen LogP contribution in [-0.4, -0.2) is 59.9 Å². The number of hydrogen-bond acceptors (Lipinski definition) is 10. The summed E-state index contributed by atoms with van der Waals surface area (Å²) in [4.78, 5) is -0.121. The molecule has 40 heavy (non-hydrogen) atoms. The fourth-order valence-corrected chi connectivity index (χ4v) is 7.24. The zero-order valence-corrected chi connectivity index (χ0v) is 23.3. The summed E-state index contributed by atoms with van der Waals surface area (Å²) in [6.07, 6.45) is -6.49. The second kappa shape index (κ2) is 10.6. The molecule has 3 heterocycles. The van der Waals surface area contributed by atoms with E-state index in [0.29, 0.717) is 0 Å². The van der Waals surface area contributed by atoms with Crippen LogP contribution < -0.4 is 0 Å². The Labute approximate surface area is 233 Å². The van der Waals surface area contributed by atoms with Gasteiger partial charge in [-0.1, -0.05) is 65.7 Å². The first kappa shape index (κ1) is 27.5. The molecule has 0 N–H and O–H groups in total. The lowest BCUT2D eigenvalue weighted by molar-refractivity contribution is -0.479. The number of hydrogen-bond donors (Lipinski definition) is 0. The number of benzene rings is 3. The highest BCUT2D eigenvalue weighted by Crippen LogP contribution is 2.45. The molecule has 3 aromatic rings. The molecular formula is C28H28O10S2. The fourth-order valence-electron chi connectivity index (χ4n) is 5.06. The van der Waals surface area contributed by atoms with Gasteiger partial charge in [-0.3, -0.25) is 8.37 Å². The third-order valence-corrected chi connectivity index (χ3v) is 9.78. The van der Waals surface area contributed by atoms with E-state index in [1.807, 2.05) is 44.2 Å². The van der Waals surface area contributed by atoms with E-state index in [1.54, 1.807) is 24.3 Å². The van der Waals surface area contributed by atoms with Crippen LogP contribution in [0.2, 0.25) is 0 Å². The molecule has 0 amide bonds. The molecule has 0 spiro atoms. The first-order valence-electron chi connectivity index (χ1n) is 12.7. The van der Waals surface area contributed by atoms with Crippen molar-refractivity contribution in [3.05, 3.63) is 95.6 Å². The smallest absolute Gasteiger partial charge is 0.297 e. The molecule has 1 aliphatic carbocycles. The normalized spacial score (nSPS) is 29.5. The lowest BCUT2D eigenvalue weighted by Crippen LogP contribution is -2.76. The monoisotopic (exact) mass is 588 g/mol. The first-order valence-corrected chi connectivity index (χ1v) is 15.5. The Bertz CT molecular complexity index is 1460. The van der Waals surface area contributed by atoms with Gasteiger partial charge in [0.1, 0.15) is 36.6 Å². The molecule has 0 aromatic heterocycles. The van der Waals surface area contributed by atoms with E-state index < -0.39 is 63.3 Å². The topological polar surface area (TPSA) is 124 Å². The summed E-state index contributed by atoms with van der Waals surface area (Å²) >= 11 is 0. The maximum atomic E-state index is 13.3. The van der Waals surface area contributed by atoms with Gasteiger partial charge in [-0.15, -0.1) is 0 Å². The zero-order chi connectivity index (χ0) is 28.1. The van der Waals surface area contributed by atoms with Gasteiger partial charge in [0, 0.05) is 0 Å². The standard InChI is InChI=1S/C28H28O10S2/c1-17-8-12-20(13-9-17)39(29,30)37-26-23-22(33-16-19-6-4-3-5-7-19)24-27(25(26)36-28(34-23)35-24)38-40(31,32)21-14-10-18(2)11-15-21/h3-15,22-28H,16H2,1-2H3. The van der Waals surface area contributed by atoms with E-state index in [4.69, 9.17) is 27.3 Å². The van der Waals surface area contributed by atoms with Crippen molar-refractivity contribution in [2.45, 2.75) is 73.3 Å². The maximum Gasteiger partial charge on any atom is 0.297 e. The van der Waals surface area contributed by atoms with Crippen LogP contribution in [0, 0.1) is 13.8 Å².